The first-order valence-corrected chi connectivity index (χ1v) is 6.57. The molecule has 2 rings (SSSR count). The van der Waals surface area contributed by atoms with Gasteiger partial charge >= 0.3 is 0 Å². The molecule has 2 atom stereocenters. The largest absolute Gasteiger partial charge is 0.310 e. The molecule has 1 N–H and O–H groups in total. The molecule has 15 heavy (non-hydrogen) atoms. The molecule has 2 nitrogen and oxygen atoms in total. The topological polar surface area (TPSA) is 15.3 Å². The molecule has 2 unspecified atom stereocenters. The molecule has 1 spiro atoms. The van der Waals surface area contributed by atoms with Crippen molar-refractivity contribution in [1.82, 2.24) is 10.2 Å². The van der Waals surface area contributed by atoms with Crippen LogP contribution in [0.4, 0.5) is 0 Å². The van der Waals surface area contributed by atoms with Crippen LogP contribution in [0.2, 0.25) is 0 Å². The van der Waals surface area contributed by atoms with Crippen molar-refractivity contribution in [3.63, 3.8) is 0 Å². The van der Waals surface area contributed by atoms with Crippen LogP contribution in [0.3, 0.4) is 0 Å². The van der Waals surface area contributed by atoms with E-state index in [9.17, 15) is 0 Å². The van der Waals surface area contributed by atoms with Crippen molar-refractivity contribution in [3.05, 3.63) is 0 Å². The van der Waals surface area contributed by atoms with Crippen LogP contribution in [0.15, 0.2) is 0 Å². The normalized spacial score (nSPS) is 31.4. The average Bonchev–Trinajstić information content (AvgIpc) is 2.86. The molecule has 1 aliphatic heterocycles. The Labute approximate surface area is 95.9 Å². The van der Waals surface area contributed by atoms with Gasteiger partial charge in [0.05, 0.1) is 0 Å². The summed E-state index contributed by atoms with van der Waals surface area (Å²) in [6.07, 6.45) is 4.14. The van der Waals surface area contributed by atoms with Crippen LogP contribution >= 0.6 is 0 Å². The van der Waals surface area contributed by atoms with Gasteiger partial charge in [-0.3, -0.25) is 4.90 Å². The van der Waals surface area contributed by atoms with Crippen molar-refractivity contribution in [2.45, 2.75) is 65.1 Å². The third-order valence-corrected chi connectivity index (χ3v) is 4.39. The lowest BCUT2D eigenvalue weighted by molar-refractivity contribution is 0.260. The van der Waals surface area contributed by atoms with Crippen LogP contribution < -0.4 is 5.32 Å². The zero-order chi connectivity index (χ0) is 11.1. The molecule has 0 bridgehead atoms. The van der Waals surface area contributed by atoms with Crippen molar-refractivity contribution < 1.29 is 1.43 Å². The maximum absolute atomic E-state index is 3.82. The fourth-order valence-electron chi connectivity index (χ4n) is 2.76. The Hall–Kier alpha value is -0.0800. The average molecular weight is 212 g/mol. The molecule has 0 aromatic carbocycles. The van der Waals surface area contributed by atoms with Crippen LogP contribution in [0.1, 0.15) is 48.4 Å². The first kappa shape index (κ1) is 11.4. The van der Waals surface area contributed by atoms with E-state index in [0.717, 1.165) is 6.04 Å². The first-order valence-electron chi connectivity index (χ1n) is 6.57. The molecule has 1 heterocycles. The van der Waals surface area contributed by atoms with Crippen LogP contribution in [-0.4, -0.2) is 36.1 Å². The highest BCUT2D eigenvalue weighted by Crippen LogP contribution is 2.53. The molecule has 1 saturated heterocycles. The summed E-state index contributed by atoms with van der Waals surface area (Å²) in [4.78, 5) is 2.65. The van der Waals surface area contributed by atoms with Gasteiger partial charge in [0.1, 0.15) is 0 Å². The van der Waals surface area contributed by atoms with E-state index in [2.05, 4.69) is 37.9 Å². The first-order chi connectivity index (χ1) is 7.07. The van der Waals surface area contributed by atoms with Gasteiger partial charge in [0, 0.05) is 32.6 Å². The standard InChI is InChI=1S/C13H26N2.H2/c1-5-11(4)14-12-8-15(10(2)3)9-13(12)6-7-13;/h10-12,14H,5-9H2,1-4H3;1H. The van der Waals surface area contributed by atoms with Gasteiger partial charge in [0.15, 0.2) is 0 Å². The zero-order valence-corrected chi connectivity index (χ0v) is 10.7. The molecule has 2 fully saturated rings. The number of rotatable bonds is 4. The van der Waals surface area contributed by atoms with Gasteiger partial charge in [-0.25, -0.2) is 0 Å². The lowest BCUT2D eigenvalue weighted by atomic mass is 10.00. The monoisotopic (exact) mass is 212 g/mol. The van der Waals surface area contributed by atoms with Crippen LogP contribution in [0.25, 0.3) is 0 Å². The Kier molecular flexibility index (Phi) is 3.09. The van der Waals surface area contributed by atoms with Gasteiger partial charge in [0.25, 0.3) is 0 Å². The number of hydrogen-bond acceptors (Lipinski definition) is 2. The molecule has 90 valence electrons. The van der Waals surface area contributed by atoms with Crippen LogP contribution in [0, 0.1) is 5.41 Å². The van der Waals surface area contributed by atoms with Gasteiger partial charge in [-0.1, -0.05) is 6.92 Å². The molecular weight excluding hydrogens is 184 g/mol. The molecule has 0 amide bonds. The predicted octanol–water partition coefficient (Wildman–Crippen LogP) is 2.49. The maximum Gasteiger partial charge on any atom is 0.0266 e. The quantitative estimate of drug-likeness (QED) is 0.770. The molecule has 1 saturated carbocycles. The molecule has 0 aromatic heterocycles. The SMILES string of the molecule is CCC(C)NC1CN(C(C)C)CC12CC2.[HH]. The summed E-state index contributed by atoms with van der Waals surface area (Å²) in [5.41, 5.74) is 0.660. The highest BCUT2D eigenvalue weighted by molar-refractivity contribution is 5.10. The highest BCUT2D eigenvalue weighted by atomic mass is 15.2. The van der Waals surface area contributed by atoms with Gasteiger partial charge in [0.2, 0.25) is 0 Å². The fraction of sp³-hybridized carbons (Fsp3) is 1.00. The highest BCUT2D eigenvalue weighted by Gasteiger charge is 2.55. The van der Waals surface area contributed by atoms with E-state index < -0.39 is 0 Å². The summed E-state index contributed by atoms with van der Waals surface area (Å²) in [6.45, 7) is 11.8. The van der Waals surface area contributed by atoms with Crippen molar-refractivity contribution in [2.24, 2.45) is 5.41 Å². The second kappa shape index (κ2) is 4.06. The van der Waals surface area contributed by atoms with Crippen LogP contribution in [0.5, 0.6) is 0 Å². The smallest absolute Gasteiger partial charge is 0.0266 e. The van der Waals surface area contributed by atoms with Gasteiger partial charge in [-0.2, -0.15) is 0 Å². The Morgan fingerprint density at radius 1 is 1.40 bits per heavy atom. The molecule has 0 aromatic rings. The minimum absolute atomic E-state index is 0. The second-order valence-electron chi connectivity index (χ2n) is 5.91. The zero-order valence-electron chi connectivity index (χ0n) is 10.7. The Bertz CT molecular complexity index is 226. The molecule has 0 radical (unpaired) electrons. The van der Waals surface area contributed by atoms with E-state index in [1.165, 1.54) is 32.4 Å². The van der Waals surface area contributed by atoms with Crippen molar-refractivity contribution in [3.8, 4) is 0 Å². The van der Waals surface area contributed by atoms with E-state index in [1.54, 1.807) is 0 Å². The second-order valence-corrected chi connectivity index (χ2v) is 5.91. The van der Waals surface area contributed by atoms with Gasteiger partial charge < -0.3 is 5.32 Å². The van der Waals surface area contributed by atoms with E-state index in [-0.39, 0.29) is 1.43 Å². The number of nitrogens with one attached hydrogen (secondary N) is 1. The Balaban J connectivity index is 0.00000128. The maximum atomic E-state index is 3.82. The van der Waals surface area contributed by atoms with E-state index >= 15 is 0 Å². The Morgan fingerprint density at radius 3 is 2.53 bits per heavy atom. The minimum Gasteiger partial charge on any atom is -0.310 e. The summed E-state index contributed by atoms with van der Waals surface area (Å²) in [7, 11) is 0. The Morgan fingerprint density at radius 2 is 2.07 bits per heavy atom. The van der Waals surface area contributed by atoms with Gasteiger partial charge in [-0.15, -0.1) is 0 Å². The van der Waals surface area contributed by atoms with Crippen LogP contribution in [-0.2, 0) is 0 Å². The van der Waals surface area contributed by atoms with Crippen molar-refractivity contribution in [2.75, 3.05) is 13.1 Å². The predicted molar refractivity (Wildman–Crippen MR) is 67.2 cm³/mol. The number of nitrogens with zero attached hydrogens (tertiary/aromatic N) is 1. The van der Waals surface area contributed by atoms with E-state index in [4.69, 9.17) is 0 Å². The van der Waals surface area contributed by atoms with Gasteiger partial charge in [-0.05, 0) is 45.4 Å². The lowest BCUT2D eigenvalue weighted by Crippen LogP contribution is -2.42. The summed E-state index contributed by atoms with van der Waals surface area (Å²) >= 11 is 0. The van der Waals surface area contributed by atoms with Crippen molar-refractivity contribution >= 4 is 0 Å². The summed E-state index contributed by atoms with van der Waals surface area (Å²) < 4.78 is 0. The molecule has 2 heteroatoms. The van der Waals surface area contributed by atoms with E-state index in [1.807, 2.05) is 0 Å². The summed E-state index contributed by atoms with van der Waals surface area (Å²) in [5, 5.41) is 3.82. The number of hydrogen-bond donors (Lipinski definition) is 1. The third-order valence-electron chi connectivity index (χ3n) is 4.39. The minimum atomic E-state index is 0. The third kappa shape index (κ3) is 2.21. The fourth-order valence-corrected chi connectivity index (χ4v) is 2.76. The molecule has 1 aliphatic carbocycles. The summed E-state index contributed by atoms with van der Waals surface area (Å²) in [6, 6.07) is 2.15. The molecule has 2 aliphatic rings. The lowest BCUT2D eigenvalue weighted by Gasteiger charge is -2.23. The van der Waals surface area contributed by atoms with Crippen molar-refractivity contribution in [1.29, 1.82) is 0 Å². The summed E-state index contributed by atoms with van der Waals surface area (Å²) in [5.74, 6) is 0. The van der Waals surface area contributed by atoms with E-state index in [0.29, 0.717) is 17.5 Å². The number of likely N-dealkylation sites (tertiary alicyclic amines) is 1. The molecular formula is C13H28N2.